The molecular weight excluding hydrogens is 300 g/mol. The average molecular weight is 318 g/mol. The van der Waals surface area contributed by atoms with Gasteiger partial charge in [-0.1, -0.05) is 73.2 Å². The smallest absolute Gasteiger partial charge is 0.347 e. The van der Waals surface area contributed by atoms with Gasteiger partial charge in [-0.15, -0.1) is 0 Å². The molecule has 0 radical (unpaired) electrons. The monoisotopic (exact) mass is 318 g/mol. The third kappa shape index (κ3) is 2.81. The number of rotatable bonds is 3. The largest absolute Gasteiger partial charge is 0.386 e. The molecule has 3 rings (SSSR count). The van der Waals surface area contributed by atoms with Crippen LogP contribution in [0.25, 0.3) is 5.57 Å². The van der Waals surface area contributed by atoms with Crippen LogP contribution in [0.1, 0.15) is 31.4 Å². The first kappa shape index (κ1) is 15.9. The van der Waals surface area contributed by atoms with Crippen LogP contribution in [-0.4, -0.2) is 11.9 Å². The topological polar surface area (TPSA) is 43.4 Å². The Morgan fingerprint density at radius 2 is 1.25 bits per heavy atom. The summed E-state index contributed by atoms with van der Waals surface area (Å²) in [7, 11) is 0. The van der Waals surface area contributed by atoms with Gasteiger partial charge >= 0.3 is 11.9 Å². The molecule has 2 aromatic carbocycles. The third-order valence-electron chi connectivity index (χ3n) is 4.18. The molecule has 1 fully saturated rings. The highest BCUT2D eigenvalue weighted by atomic mass is 16.6. The molecule has 1 saturated heterocycles. The van der Waals surface area contributed by atoms with E-state index in [1.807, 2.05) is 74.5 Å². The number of benzene rings is 2. The number of ether oxygens (including phenoxy) is 1. The summed E-state index contributed by atoms with van der Waals surface area (Å²) < 4.78 is 4.94. The molecule has 1 heterocycles. The first-order chi connectivity index (χ1) is 11.6. The minimum absolute atomic E-state index is 0.358. The Labute approximate surface area is 141 Å². The number of allylic oxidation sites excluding steroid dienone is 1. The van der Waals surface area contributed by atoms with Crippen LogP contribution in [0.4, 0.5) is 0 Å². The molecular formula is C21H18O3. The zero-order valence-corrected chi connectivity index (χ0v) is 13.7. The van der Waals surface area contributed by atoms with E-state index in [4.69, 9.17) is 4.74 Å². The minimum atomic E-state index is -0.578. The van der Waals surface area contributed by atoms with Gasteiger partial charge in [-0.3, -0.25) is 0 Å². The number of hydrogen-bond acceptors (Lipinski definition) is 3. The minimum Gasteiger partial charge on any atom is -0.386 e. The summed E-state index contributed by atoms with van der Waals surface area (Å²) in [5.74, 6) is -1.13. The molecule has 24 heavy (non-hydrogen) atoms. The maximum Gasteiger partial charge on any atom is 0.347 e. The zero-order chi connectivity index (χ0) is 17.1. The van der Waals surface area contributed by atoms with E-state index in [1.54, 1.807) is 0 Å². The summed E-state index contributed by atoms with van der Waals surface area (Å²) in [6.45, 7) is 3.82. The third-order valence-corrected chi connectivity index (χ3v) is 4.18. The second kappa shape index (κ2) is 6.67. The Morgan fingerprint density at radius 1 is 0.792 bits per heavy atom. The lowest BCUT2D eigenvalue weighted by Crippen LogP contribution is -2.03. The number of carbonyl (C=O) groups excluding carboxylic acids is 2. The number of esters is 2. The maximum absolute atomic E-state index is 12.5. The predicted molar refractivity (Wildman–Crippen MR) is 93.0 cm³/mol. The highest BCUT2D eigenvalue weighted by Crippen LogP contribution is 2.36. The first-order valence-electron chi connectivity index (χ1n) is 7.95. The van der Waals surface area contributed by atoms with Crippen LogP contribution in [0.15, 0.2) is 77.4 Å². The van der Waals surface area contributed by atoms with Gasteiger partial charge < -0.3 is 4.74 Å². The molecule has 0 unspecified atom stereocenters. The second-order valence-electron chi connectivity index (χ2n) is 5.67. The van der Waals surface area contributed by atoms with Gasteiger partial charge in [-0.05, 0) is 24.5 Å². The fourth-order valence-electron chi connectivity index (χ4n) is 2.85. The molecule has 0 amide bonds. The molecule has 0 spiro atoms. The normalized spacial score (nSPS) is 16.2. The van der Waals surface area contributed by atoms with E-state index >= 15 is 0 Å². The number of cyclic esters (lactones) is 2. The van der Waals surface area contributed by atoms with Crippen molar-refractivity contribution in [1.82, 2.24) is 0 Å². The fraction of sp³-hybridized carbons (Fsp3) is 0.143. The van der Waals surface area contributed by atoms with E-state index in [2.05, 4.69) is 0 Å². The Bertz CT molecular complexity index is 802. The van der Waals surface area contributed by atoms with Gasteiger partial charge in [-0.25, -0.2) is 9.59 Å². The molecule has 0 saturated carbocycles. The van der Waals surface area contributed by atoms with E-state index in [1.165, 1.54) is 0 Å². The van der Waals surface area contributed by atoms with Gasteiger partial charge in [-0.2, -0.15) is 0 Å². The molecule has 0 N–H and O–H groups in total. The Morgan fingerprint density at radius 3 is 1.71 bits per heavy atom. The molecule has 2 aromatic rings. The summed E-state index contributed by atoms with van der Waals surface area (Å²) in [6.07, 6.45) is 0.679. The zero-order valence-electron chi connectivity index (χ0n) is 13.7. The van der Waals surface area contributed by atoms with E-state index < -0.39 is 11.9 Å². The van der Waals surface area contributed by atoms with Gasteiger partial charge in [0.25, 0.3) is 0 Å². The van der Waals surface area contributed by atoms with Crippen molar-refractivity contribution in [3.8, 4) is 0 Å². The summed E-state index contributed by atoms with van der Waals surface area (Å²) in [6, 6.07) is 19.2. The van der Waals surface area contributed by atoms with E-state index in [-0.39, 0.29) is 0 Å². The Balaban J connectivity index is 2.37. The van der Waals surface area contributed by atoms with Crippen LogP contribution >= 0.6 is 0 Å². The van der Waals surface area contributed by atoms with Crippen molar-refractivity contribution >= 4 is 17.5 Å². The Kier molecular flexibility index (Phi) is 4.43. The molecule has 3 nitrogen and oxygen atoms in total. The highest BCUT2D eigenvalue weighted by Gasteiger charge is 2.37. The quantitative estimate of drug-likeness (QED) is 0.481. The van der Waals surface area contributed by atoms with Gasteiger partial charge in [0, 0.05) is 5.57 Å². The van der Waals surface area contributed by atoms with Crippen LogP contribution in [0.2, 0.25) is 0 Å². The predicted octanol–water partition coefficient (Wildman–Crippen LogP) is 4.30. The lowest BCUT2D eigenvalue weighted by molar-refractivity contribution is -0.149. The summed E-state index contributed by atoms with van der Waals surface area (Å²) in [5, 5.41) is 0. The summed E-state index contributed by atoms with van der Waals surface area (Å²) >= 11 is 0. The van der Waals surface area contributed by atoms with Gasteiger partial charge in [0.15, 0.2) is 0 Å². The molecule has 0 aromatic heterocycles. The van der Waals surface area contributed by atoms with Crippen LogP contribution in [-0.2, 0) is 14.3 Å². The van der Waals surface area contributed by atoms with Crippen LogP contribution in [0.5, 0.6) is 0 Å². The Hall–Kier alpha value is -2.94. The molecule has 3 heteroatoms. The highest BCUT2D eigenvalue weighted by molar-refractivity contribution is 6.23. The summed E-state index contributed by atoms with van der Waals surface area (Å²) in [5.41, 5.74) is 4.10. The van der Waals surface area contributed by atoms with E-state index in [9.17, 15) is 9.59 Å². The van der Waals surface area contributed by atoms with E-state index in [0.29, 0.717) is 17.6 Å². The van der Waals surface area contributed by atoms with Gasteiger partial charge in [0.2, 0.25) is 0 Å². The molecule has 0 bridgehead atoms. The fourth-order valence-corrected chi connectivity index (χ4v) is 2.85. The van der Waals surface area contributed by atoms with Crippen molar-refractivity contribution < 1.29 is 14.3 Å². The maximum atomic E-state index is 12.5. The summed E-state index contributed by atoms with van der Waals surface area (Å²) in [4.78, 5) is 24.7. The molecule has 1 aliphatic heterocycles. The molecule has 0 atom stereocenters. The van der Waals surface area contributed by atoms with Gasteiger partial charge in [0.05, 0.1) is 11.1 Å². The molecule has 0 aliphatic carbocycles. The molecule has 1 aliphatic rings. The van der Waals surface area contributed by atoms with Crippen LogP contribution in [0, 0.1) is 0 Å². The van der Waals surface area contributed by atoms with Crippen molar-refractivity contribution in [2.45, 2.75) is 20.3 Å². The van der Waals surface area contributed by atoms with Crippen molar-refractivity contribution in [3.63, 3.8) is 0 Å². The van der Waals surface area contributed by atoms with E-state index in [0.717, 1.165) is 22.3 Å². The van der Waals surface area contributed by atoms with Gasteiger partial charge in [0.1, 0.15) is 0 Å². The molecule has 120 valence electrons. The lowest BCUT2D eigenvalue weighted by Gasteiger charge is -2.12. The van der Waals surface area contributed by atoms with Crippen molar-refractivity contribution in [1.29, 1.82) is 0 Å². The van der Waals surface area contributed by atoms with Crippen molar-refractivity contribution in [2.24, 2.45) is 0 Å². The number of carbonyl (C=O) groups is 2. The van der Waals surface area contributed by atoms with Crippen molar-refractivity contribution in [2.75, 3.05) is 0 Å². The van der Waals surface area contributed by atoms with Crippen LogP contribution < -0.4 is 0 Å². The lowest BCUT2D eigenvalue weighted by atomic mass is 9.88. The number of hydrogen-bond donors (Lipinski definition) is 0. The van der Waals surface area contributed by atoms with Crippen molar-refractivity contribution in [3.05, 3.63) is 88.5 Å². The van der Waals surface area contributed by atoms with Crippen LogP contribution in [0.3, 0.4) is 0 Å². The first-order valence-corrected chi connectivity index (χ1v) is 7.95. The SMILES string of the molecule is CC/C(C)=C1/C(=O)OC(=O)C1=C(c1ccccc1)c1ccccc1. The standard InChI is InChI=1S/C21H18O3/c1-3-14(2)17-19(21(23)24-20(17)22)18(15-10-6-4-7-11-15)16-12-8-5-9-13-16/h4-13H,3H2,1-2H3/b17-14+. The average Bonchev–Trinajstić information content (AvgIpc) is 2.91. The second-order valence-corrected chi connectivity index (χ2v) is 5.67.